The van der Waals surface area contributed by atoms with Crippen LogP contribution in [0.15, 0.2) is 18.2 Å². The Balaban J connectivity index is 2.38. The average molecular weight is 295 g/mol. The molecule has 0 spiro atoms. The molecule has 4 nitrogen and oxygen atoms in total. The zero-order chi connectivity index (χ0) is 13.6. The summed E-state index contributed by atoms with van der Waals surface area (Å²) in [6, 6.07) is 4.12. The molecule has 0 saturated carbocycles. The maximum atomic E-state index is 12.8. The Morgan fingerprint density at radius 2 is 2.11 bits per heavy atom. The fourth-order valence-electron chi connectivity index (χ4n) is 1.39. The average Bonchev–Trinajstić information content (AvgIpc) is 2.26. The lowest BCUT2D eigenvalue weighted by Gasteiger charge is -2.07. The molecule has 18 heavy (non-hydrogen) atoms. The number of halogens is 2. The number of rotatable bonds is 7. The Kier molecular flexibility index (Phi) is 6.01. The lowest BCUT2D eigenvalue weighted by molar-refractivity contribution is 0.578. The van der Waals surface area contributed by atoms with Crippen molar-refractivity contribution in [3.8, 4) is 0 Å². The molecule has 0 fully saturated rings. The minimum atomic E-state index is -3.21. The summed E-state index contributed by atoms with van der Waals surface area (Å²) in [5.41, 5.74) is 0.735. The van der Waals surface area contributed by atoms with Gasteiger partial charge in [0.05, 0.1) is 5.75 Å². The summed E-state index contributed by atoms with van der Waals surface area (Å²) in [5.74, 6) is -0.391. The van der Waals surface area contributed by atoms with E-state index in [1.807, 2.05) is 0 Å². The topological polar surface area (TPSA) is 58.2 Å². The quantitative estimate of drug-likeness (QED) is 0.750. The van der Waals surface area contributed by atoms with E-state index in [-0.39, 0.29) is 5.75 Å². The van der Waals surface area contributed by atoms with Crippen molar-refractivity contribution in [2.75, 3.05) is 18.8 Å². The van der Waals surface area contributed by atoms with Gasteiger partial charge in [-0.25, -0.2) is 17.5 Å². The van der Waals surface area contributed by atoms with Crippen molar-refractivity contribution in [3.05, 3.63) is 34.6 Å². The molecule has 1 rings (SSSR count). The number of benzene rings is 1. The molecule has 0 aliphatic rings. The highest BCUT2D eigenvalue weighted by atomic mass is 35.5. The zero-order valence-corrected chi connectivity index (χ0v) is 11.6. The second kappa shape index (κ2) is 7.04. The third-order valence-electron chi connectivity index (χ3n) is 2.24. The highest BCUT2D eigenvalue weighted by molar-refractivity contribution is 7.89. The van der Waals surface area contributed by atoms with Gasteiger partial charge in [0.25, 0.3) is 0 Å². The molecule has 0 saturated heterocycles. The molecule has 7 heteroatoms. The van der Waals surface area contributed by atoms with E-state index >= 15 is 0 Å². The molecule has 0 aliphatic carbocycles. The summed E-state index contributed by atoms with van der Waals surface area (Å²) in [5, 5.41) is 3.28. The monoisotopic (exact) mass is 294 g/mol. The van der Waals surface area contributed by atoms with Crippen molar-refractivity contribution in [2.24, 2.45) is 0 Å². The molecule has 2 N–H and O–H groups in total. The largest absolute Gasteiger partial charge is 0.312 e. The van der Waals surface area contributed by atoms with Crippen LogP contribution in [0.4, 0.5) is 4.39 Å². The van der Waals surface area contributed by atoms with Crippen molar-refractivity contribution in [3.63, 3.8) is 0 Å². The van der Waals surface area contributed by atoms with Gasteiger partial charge in [0.1, 0.15) is 5.82 Å². The molecule has 0 unspecified atom stereocenters. The fourth-order valence-corrected chi connectivity index (χ4v) is 2.62. The number of hydrogen-bond acceptors (Lipinski definition) is 3. The number of nitrogens with one attached hydrogen (secondary N) is 2. The van der Waals surface area contributed by atoms with Crippen LogP contribution in [-0.2, 0) is 16.6 Å². The number of hydrogen-bond donors (Lipinski definition) is 2. The van der Waals surface area contributed by atoms with Gasteiger partial charge in [-0.1, -0.05) is 24.6 Å². The first-order valence-corrected chi connectivity index (χ1v) is 7.59. The first-order chi connectivity index (χ1) is 8.44. The van der Waals surface area contributed by atoms with E-state index in [0.717, 1.165) is 5.56 Å². The van der Waals surface area contributed by atoms with Crippen molar-refractivity contribution < 1.29 is 12.8 Å². The normalized spacial score (nSPS) is 11.7. The molecule has 0 aliphatic heterocycles. The molecule has 0 amide bonds. The van der Waals surface area contributed by atoms with E-state index < -0.39 is 15.8 Å². The summed E-state index contributed by atoms with van der Waals surface area (Å²) >= 11 is 5.84. The lowest BCUT2D eigenvalue weighted by atomic mass is 10.2. The molecule has 0 aromatic heterocycles. The summed E-state index contributed by atoms with van der Waals surface area (Å²) in [4.78, 5) is 0. The molecule has 0 bridgehead atoms. The molecule has 1 aromatic rings. The summed E-state index contributed by atoms with van der Waals surface area (Å²) < 4.78 is 37.8. The fraction of sp³-hybridized carbons (Fsp3) is 0.455. The van der Waals surface area contributed by atoms with Crippen LogP contribution in [0.2, 0.25) is 5.02 Å². The summed E-state index contributed by atoms with van der Waals surface area (Å²) in [6.45, 7) is 2.82. The second-order valence-corrected chi connectivity index (χ2v) is 6.06. The molecule has 0 heterocycles. The van der Waals surface area contributed by atoms with Gasteiger partial charge in [0.15, 0.2) is 0 Å². The molecule has 102 valence electrons. The van der Waals surface area contributed by atoms with Crippen molar-refractivity contribution >= 4 is 21.6 Å². The Hall–Kier alpha value is -0.690. The van der Waals surface area contributed by atoms with Gasteiger partial charge >= 0.3 is 0 Å². The van der Waals surface area contributed by atoms with E-state index in [1.165, 1.54) is 12.1 Å². The lowest BCUT2D eigenvalue weighted by Crippen LogP contribution is -2.31. The van der Waals surface area contributed by atoms with Gasteiger partial charge in [-0.05, 0) is 17.7 Å². The van der Waals surface area contributed by atoms with Crippen LogP contribution < -0.4 is 10.0 Å². The van der Waals surface area contributed by atoms with Gasteiger partial charge in [0, 0.05) is 24.7 Å². The van der Waals surface area contributed by atoms with Gasteiger partial charge < -0.3 is 5.32 Å². The molecule has 0 atom stereocenters. The smallest absolute Gasteiger partial charge is 0.212 e. The van der Waals surface area contributed by atoms with E-state index in [4.69, 9.17) is 11.6 Å². The van der Waals surface area contributed by atoms with E-state index in [2.05, 4.69) is 10.0 Å². The van der Waals surface area contributed by atoms with Gasteiger partial charge in [-0.15, -0.1) is 0 Å². The summed E-state index contributed by atoms with van der Waals surface area (Å²) in [7, 11) is -3.21. The minimum absolute atomic E-state index is 0.000344. The van der Waals surface area contributed by atoms with E-state index in [9.17, 15) is 12.8 Å². The van der Waals surface area contributed by atoms with Gasteiger partial charge in [-0.3, -0.25) is 0 Å². The Labute approximate surface area is 112 Å². The SMILES string of the molecule is CCNS(=O)(=O)CCNCc1ccc(F)cc1Cl. The van der Waals surface area contributed by atoms with Crippen LogP contribution in [0.3, 0.4) is 0 Å². The van der Waals surface area contributed by atoms with Crippen LogP contribution in [0, 0.1) is 5.82 Å². The molecule has 0 radical (unpaired) electrons. The van der Waals surface area contributed by atoms with Crippen LogP contribution >= 0.6 is 11.6 Å². The zero-order valence-electron chi connectivity index (χ0n) is 10.0. The van der Waals surface area contributed by atoms with Crippen LogP contribution in [0.25, 0.3) is 0 Å². The maximum Gasteiger partial charge on any atom is 0.212 e. The minimum Gasteiger partial charge on any atom is -0.312 e. The van der Waals surface area contributed by atoms with E-state index in [0.29, 0.717) is 24.7 Å². The maximum absolute atomic E-state index is 12.8. The van der Waals surface area contributed by atoms with E-state index in [1.54, 1.807) is 13.0 Å². The molecular formula is C11H16ClFN2O2S. The van der Waals surface area contributed by atoms with Crippen LogP contribution in [0.5, 0.6) is 0 Å². The first kappa shape index (κ1) is 15.4. The predicted molar refractivity (Wildman–Crippen MR) is 70.6 cm³/mol. The van der Waals surface area contributed by atoms with Crippen molar-refractivity contribution in [1.29, 1.82) is 0 Å². The van der Waals surface area contributed by atoms with Gasteiger partial charge in [-0.2, -0.15) is 0 Å². The standard InChI is InChI=1S/C11H16ClFN2O2S/c1-2-15-18(16,17)6-5-14-8-9-3-4-10(13)7-11(9)12/h3-4,7,14-15H,2,5-6,8H2,1H3. The predicted octanol–water partition coefficient (Wildman–Crippen LogP) is 1.51. The van der Waals surface area contributed by atoms with Gasteiger partial charge in [0.2, 0.25) is 10.0 Å². The summed E-state index contributed by atoms with van der Waals surface area (Å²) in [6.07, 6.45) is 0. The first-order valence-electron chi connectivity index (χ1n) is 5.56. The van der Waals surface area contributed by atoms with Crippen molar-refractivity contribution in [2.45, 2.75) is 13.5 Å². The van der Waals surface area contributed by atoms with Crippen LogP contribution in [-0.4, -0.2) is 27.3 Å². The third kappa shape index (κ3) is 5.30. The van der Waals surface area contributed by atoms with Crippen LogP contribution in [0.1, 0.15) is 12.5 Å². The molecular weight excluding hydrogens is 279 g/mol. The van der Waals surface area contributed by atoms with Crippen molar-refractivity contribution in [1.82, 2.24) is 10.0 Å². The highest BCUT2D eigenvalue weighted by Gasteiger charge is 2.07. The molecule has 1 aromatic carbocycles. The third-order valence-corrected chi connectivity index (χ3v) is 4.06. The second-order valence-electron chi connectivity index (χ2n) is 3.73. The Morgan fingerprint density at radius 3 is 2.72 bits per heavy atom. The number of sulfonamides is 1. The Morgan fingerprint density at radius 1 is 1.39 bits per heavy atom. The highest BCUT2D eigenvalue weighted by Crippen LogP contribution is 2.16. The Bertz CT molecular complexity index is 494.